The standard InChI is InChI=1S/C31H42N6O4/c1-7-34(30(40)41-31(4,5)6)15-16-36(27-17-24(18-32)14-13-23(27)3)28(38)19-33-20-29(39)37(8-2)35-21-25-11-9-10-12-26(25)22-35/h9-14,17,33H,7-8,15-16,19-22H2,1-6H3. The first-order valence-electron chi connectivity index (χ1n) is 14.1. The Labute approximate surface area is 243 Å². The molecule has 0 saturated heterocycles. The minimum absolute atomic E-state index is 0.00350. The van der Waals surface area contributed by atoms with Gasteiger partial charge in [0.15, 0.2) is 0 Å². The Morgan fingerprint density at radius 1 is 0.976 bits per heavy atom. The molecule has 1 aliphatic rings. The Kier molecular flexibility index (Phi) is 10.9. The quantitative estimate of drug-likeness (QED) is 0.443. The van der Waals surface area contributed by atoms with Crippen LogP contribution in [0, 0.1) is 18.3 Å². The second-order valence-corrected chi connectivity index (χ2v) is 11.0. The van der Waals surface area contributed by atoms with Crippen molar-refractivity contribution in [3.8, 4) is 6.07 Å². The fourth-order valence-corrected chi connectivity index (χ4v) is 4.76. The van der Waals surface area contributed by atoms with Gasteiger partial charge in [-0.2, -0.15) is 5.26 Å². The summed E-state index contributed by atoms with van der Waals surface area (Å²) < 4.78 is 5.52. The molecule has 0 radical (unpaired) electrons. The summed E-state index contributed by atoms with van der Waals surface area (Å²) in [5.41, 5.74) is 3.61. The molecule has 0 aromatic heterocycles. The van der Waals surface area contributed by atoms with Crippen LogP contribution in [0.5, 0.6) is 0 Å². The Bertz CT molecular complexity index is 1260. The van der Waals surface area contributed by atoms with E-state index in [1.807, 2.05) is 37.9 Å². The maximum absolute atomic E-state index is 13.5. The zero-order valence-corrected chi connectivity index (χ0v) is 25.1. The summed E-state index contributed by atoms with van der Waals surface area (Å²) in [5.74, 6) is -0.391. The van der Waals surface area contributed by atoms with Crippen molar-refractivity contribution in [1.29, 1.82) is 5.26 Å². The number of hydrogen-bond acceptors (Lipinski definition) is 7. The average molecular weight is 563 g/mol. The minimum atomic E-state index is -0.640. The minimum Gasteiger partial charge on any atom is -0.444 e. The molecular formula is C31H42N6O4. The number of hydrazine groups is 1. The van der Waals surface area contributed by atoms with Gasteiger partial charge in [-0.25, -0.2) is 9.80 Å². The van der Waals surface area contributed by atoms with E-state index in [2.05, 4.69) is 23.5 Å². The topological polar surface area (TPSA) is 109 Å². The van der Waals surface area contributed by atoms with E-state index >= 15 is 0 Å². The number of likely N-dealkylation sites (N-methyl/N-ethyl adjacent to an activating group) is 2. The molecular weight excluding hydrogens is 520 g/mol. The first kappa shape index (κ1) is 31.6. The predicted molar refractivity (Wildman–Crippen MR) is 158 cm³/mol. The largest absolute Gasteiger partial charge is 0.444 e. The molecule has 1 heterocycles. The molecule has 0 spiro atoms. The first-order valence-corrected chi connectivity index (χ1v) is 14.1. The van der Waals surface area contributed by atoms with Gasteiger partial charge in [0, 0.05) is 45.0 Å². The van der Waals surface area contributed by atoms with E-state index in [9.17, 15) is 19.6 Å². The number of amides is 3. The van der Waals surface area contributed by atoms with Crippen LogP contribution in [0.25, 0.3) is 0 Å². The van der Waals surface area contributed by atoms with Gasteiger partial charge < -0.3 is 14.5 Å². The van der Waals surface area contributed by atoms with Crippen molar-refractivity contribution in [2.45, 2.75) is 60.2 Å². The van der Waals surface area contributed by atoms with Crippen molar-refractivity contribution in [2.24, 2.45) is 0 Å². The van der Waals surface area contributed by atoms with Crippen LogP contribution in [0.2, 0.25) is 0 Å². The lowest BCUT2D eigenvalue weighted by Gasteiger charge is -2.31. The highest BCUT2D eigenvalue weighted by Crippen LogP contribution is 2.24. The van der Waals surface area contributed by atoms with Crippen molar-refractivity contribution in [3.63, 3.8) is 0 Å². The van der Waals surface area contributed by atoms with Crippen LogP contribution in [-0.2, 0) is 27.4 Å². The molecule has 0 unspecified atom stereocenters. The summed E-state index contributed by atoms with van der Waals surface area (Å²) in [6.45, 7) is 13.7. The number of anilines is 1. The van der Waals surface area contributed by atoms with Gasteiger partial charge in [0.1, 0.15) is 5.60 Å². The third-order valence-electron chi connectivity index (χ3n) is 6.86. The van der Waals surface area contributed by atoms with Gasteiger partial charge in [0.2, 0.25) is 5.91 Å². The summed E-state index contributed by atoms with van der Waals surface area (Å²) >= 11 is 0. The Morgan fingerprint density at radius 3 is 2.17 bits per heavy atom. The van der Waals surface area contributed by atoms with Crippen LogP contribution >= 0.6 is 0 Å². The SMILES string of the molecule is CCN(CCN(C(=O)CNCC(=O)N(CC)N1Cc2ccccc2C1)c1cc(C#N)ccc1C)C(=O)OC(C)(C)C. The number of nitrogens with one attached hydrogen (secondary N) is 1. The van der Waals surface area contributed by atoms with E-state index in [1.54, 1.807) is 53.8 Å². The van der Waals surface area contributed by atoms with Gasteiger partial charge in [-0.1, -0.05) is 30.3 Å². The number of carbonyl (C=O) groups is 3. The molecule has 0 bridgehead atoms. The fraction of sp³-hybridized carbons (Fsp3) is 0.484. The van der Waals surface area contributed by atoms with Crippen LogP contribution in [0.4, 0.5) is 10.5 Å². The maximum atomic E-state index is 13.5. The van der Waals surface area contributed by atoms with Crippen LogP contribution < -0.4 is 10.2 Å². The Morgan fingerprint density at radius 2 is 1.61 bits per heavy atom. The van der Waals surface area contributed by atoms with Crippen molar-refractivity contribution >= 4 is 23.6 Å². The van der Waals surface area contributed by atoms with Crippen molar-refractivity contribution < 1.29 is 19.1 Å². The fourth-order valence-electron chi connectivity index (χ4n) is 4.76. The summed E-state index contributed by atoms with van der Waals surface area (Å²) in [5, 5.41) is 16.2. The number of aryl methyl sites for hydroxylation is 1. The molecule has 10 heteroatoms. The van der Waals surface area contributed by atoms with Gasteiger partial charge in [0.05, 0.1) is 24.7 Å². The average Bonchev–Trinajstić information content (AvgIpc) is 3.35. The van der Waals surface area contributed by atoms with Gasteiger partial charge >= 0.3 is 6.09 Å². The molecule has 0 fully saturated rings. The molecule has 3 rings (SSSR count). The molecule has 0 atom stereocenters. The third kappa shape index (κ3) is 8.52. The van der Waals surface area contributed by atoms with Gasteiger partial charge in [-0.3, -0.25) is 19.9 Å². The lowest BCUT2D eigenvalue weighted by molar-refractivity contribution is -0.148. The summed E-state index contributed by atoms with van der Waals surface area (Å²) in [6.07, 6.45) is -0.456. The molecule has 2 aromatic carbocycles. The maximum Gasteiger partial charge on any atom is 0.410 e. The molecule has 1 aliphatic heterocycles. The molecule has 220 valence electrons. The summed E-state index contributed by atoms with van der Waals surface area (Å²) in [7, 11) is 0. The lowest BCUT2D eigenvalue weighted by Crippen LogP contribution is -2.49. The van der Waals surface area contributed by atoms with Crippen molar-refractivity contribution in [3.05, 3.63) is 64.7 Å². The molecule has 2 aromatic rings. The van der Waals surface area contributed by atoms with E-state index in [1.165, 1.54) is 11.1 Å². The monoisotopic (exact) mass is 562 g/mol. The van der Waals surface area contributed by atoms with E-state index in [4.69, 9.17) is 4.74 Å². The third-order valence-corrected chi connectivity index (χ3v) is 6.86. The molecule has 0 aliphatic carbocycles. The molecule has 1 N–H and O–H groups in total. The van der Waals surface area contributed by atoms with E-state index in [0.29, 0.717) is 37.4 Å². The highest BCUT2D eigenvalue weighted by Gasteiger charge is 2.27. The van der Waals surface area contributed by atoms with Crippen LogP contribution in [0.1, 0.15) is 56.9 Å². The number of nitrogens with zero attached hydrogens (tertiary/aromatic N) is 5. The van der Waals surface area contributed by atoms with Gasteiger partial charge in [-0.05, 0) is 70.4 Å². The number of carbonyl (C=O) groups excluding carboxylic acids is 3. The molecule has 10 nitrogen and oxygen atoms in total. The predicted octanol–water partition coefficient (Wildman–Crippen LogP) is 3.83. The van der Waals surface area contributed by atoms with Crippen molar-refractivity contribution in [2.75, 3.05) is 44.2 Å². The second-order valence-electron chi connectivity index (χ2n) is 11.0. The Hall–Kier alpha value is -3.94. The first-order chi connectivity index (χ1) is 19.5. The van der Waals surface area contributed by atoms with Gasteiger partial charge in [-0.15, -0.1) is 0 Å². The molecule has 41 heavy (non-hydrogen) atoms. The number of fused-ring (bicyclic) bond motifs is 1. The van der Waals surface area contributed by atoms with E-state index < -0.39 is 11.7 Å². The zero-order valence-electron chi connectivity index (χ0n) is 25.1. The normalized spacial score (nSPS) is 12.8. The highest BCUT2D eigenvalue weighted by atomic mass is 16.6. The zero-order chi connectivity index (χ0) is 30.2. The van der Waals surface area contributed by atoms with Crippen LogP contribution in [0.15, 0.2) is 42.5 Å². The number of benzene rings is 2. The lowest BCUT2D eigenvalue weighted by atomic mass is 10.1. The summed E-state index contributed by atoms with van der Waals surface area (Å²) in [6, 6.07) is 15.4. The summed E-state index contributed by atoms with van der Waals surface area (Å²) in [4.78, 5) is 42.4. The Balaban J connectivity index is 1.67. The number of ether oxygens (including phenoxy) is 1. The smallest absolute Gasteiger partial charge is 0.410 e. The molecule has 3 amide bonds. The second kappa shape index (κ2) is 14.1. The number of nitriles is 1. The van der Waals surface area contributed by atoms with Gasteiger partial charge in [0.25, 0.3) is 5.91 Å². The van der Waals surface area contributed by atoms with E-state index in [0.717, 1.165) is 5.56 Å². The van der Waals surface area contributed by atoms with Crippen molar-refractivity contribution in [1.82, 2.24) is 20.2 Å². The van der Waals surface area contributed by atoms with Crippen LogP contribution in [0.3, 0.4) is 0 Å². The van der Waals surface area contributed by atoms with Crippen LogP contribution in [-0.4, -0.2) is 77.7 Å². The van der Waals surface area contributed by atoms with E-state index in [-0.39, 0.29) is 38.0 Å². The number of rotatable bonds is 11. The molecule has 0 saturated carbocycles. The highest BCUT2D eigenvalue weighted by molar-refractivity contribution is 5.96. The number of hydrogen-bond donors (Lipinski definition) is 1.